The number of aliphatic hydroxyl groups is 1. The number of carbonyl (C=O) groups is 1. The first kappa shape index (κ1) is 31.5. The number of aryl methyl sites for hydroxylation is 1. The first-order chi connectivity index (χ1) is 20.3. The lowest BCUT2D eigenvalue weighted by Gasteiger charge is -2.31. The van der Waals surface area contributed by atoms with Gasteiger partial charge in [-0.25, -0.2) is 9.78 Å². The molecular weight excluding hydrogens is 534 g/mol. The van der Waals surface area contributed by atoms with E-state index >= 15 is 0 Å². The summed E-state index contributed by atoms with van der Waals surface area (Å²) in [4.78, 5) is 33.0. The molecule has 0 bridgehead atoms. The zero-order valence-electron chi connectivity index (χ0n) is 26.1. The molecule has 3 aliphatic rings. The van der Waals surface area contributed by atoms with Gasteiger partial charge in [0.05, 0.1) is 29.0 Å². The molecule has 1 atom stereocenters. The maximum absolute atomic E-state index is 13.4. The molecule has 9 nitrogen and oxygen atoms in total. The van der Waals surface area contributed by atoms with Crippen molar-refractivity contribution in [3.8, 4) is 22.9 Å². The molecule has 6 rings (SSSR count). The molecule has 3 aliphatic heterocycles. The number of benzene rings is 1. The first-order valence-corrected chi connectivity index (χ1v) is 15.4. The van der Waals surface area contributed by atoms with Gasteiger partial charge in [-0.3, -0.25) is 4.79 Å². The van der Waals surface area contributed by atoms with Crippen LogP contribution < -0.4 is 15.0 Å². The van der Waals surface area contributed by atoms with Crippen LogP contribution in [-0.2, 0) is 34.7 Å². The average molecular weight is 580 g/mol. The second-order valence-corrected chi connectivity index (χ2v) is 10.7. The second kappa shape index (κ2) is 13.3. The van der Waals surface area contributed by atoms with Crippen LogP contribution in [0.5, 0.6) is 11.5 Å². The third kappa shape index (κ3) is 5.52. The highest BCUT2D eigenvalue weighted by Gasteiger charge is 2.45. The summed E-state index contributed by atoms with van der Waals surface area (Å²) in [6, 6.07) is 5.58. The van der Waals surface area contributed by atoms with Crippen LogP contribution >= 0.6 is 0 Å². The van der Waals surface area contributed by atoms with Gasteiger partial charge in [-0.05, 0) is 63.5 Å². The fraction of sp³-hybridized carbons (Fsp3) is 0.545. The van der Waals surface area contributed by atoms with Crippen LogP contribution in [0.2, 0.25) is 0 Å². The van der Waals surface area contributed by atoms with E-state index in [0.29, 0.717) is 53.8 Å². The Morgan fingerprint density at radius 1 is 0.952 bits per heavy atom. The molecule has 0 saturated heterocycles. The third-order valence-electron chi connectivity index (χ3n) is 8.03. The van der Waals surface area contributed by atoms with Crippen molar-refractivity contribution in [1.29, 1.82) is 0 Å². The average Bonchev–Trinajstić information content (AvgIpc) is 3.37. The SMILES string of the molecule is CC.CCCN(C)CCC.CCc1c2c(nc3cc4c(cc13)OCCO4)-c1cc3c(c(=O)n1C2)COC(=O)[C@]3(O)CC. The Hall–Kier alpha value is -3.43. The Balaban J connectivity index is 0.000000354. The molecule has 42 heavy (non-hydrogen) atoms. The van der Waals surface area contributed by atoms with Gasteiger partial charge in [0, 0.05) is 22.6 Å². The van der Waals surface area contributed by atoms with Crippen LogP contribution in [0, 0.1) is 0 Å². The van der Waals surface area contributed by atoms with Crippen LogP contribution in [0.15, 0.2) is 23.0 Å². The van der Waals surface area contributed by atoms with Crippen LogP contribution in [0.4, 0.5) is 0 Å². The van der Waals surface area contributed by atoms with Gasteiger partial charge >= 0.3 is 5.97 Å². The van der Waals surface area contributed by atoms with Crippen molar-refractivity contribution in [3.05, 3.63) is 50.8 Å². The number of hydrogen-bond acceptors (Lipinski definition) is 8. The largest absolute Gasteiger partial charge is 0.486 e. The van der Waals surface area contributed by atoms with E-state index in [1.807, 2.05) is 26.0 Å². The van der Waals surface area contributed by atoms with Gasteiger partial charge in [-0.1, -0.05) is 41.5 Å². The fourth-order valence-corrected chi connectivity index (χ4v) is 5.98. The van der Waals surface area contributed by atoms with Gasteiger partial charge in [0.2, 0.25) is 0 Å². The molecule has 1 N–H and O–H groups in total. The number of aromatic nitrogens is 2. The van der Waals surface area contributed by atoms with Gasteiger partial charge < -0.3 is 28.8 Å². The zero-order valence-corrected chi connectivity index (χ0v) is 26.1. The third-order valence-corrected chi connectivity index (χ3v) is 8.03. The summed E-state index contributed by atoms with van der Waals surface area (Å²) in [6.45, 7) is 15.9. The molecule has 9 heteroatoms. The smallest absolute Gasteiger partial charge is 0.343 e. The van der Waals surface area contributed by atoms with Gasteiger partial charge in [0.1, 0.15) is 19.8 Å². The standard InChI is InChI=1S/C24H22N2O6.C7H17N.C2H6/c1-3-12-13-7-19-20(31-6-5-30-19)9-17(13)25-21-14(12)10-26-18(21)8-16-15(22(26)27)11-32-23(28)24(16,29)4-2;1-4-6-8(3)7-5-2;1-2/h7-9,29H,3-6,10-11H2,1-2H3;4-7H2,1-3H3;1-2H3/t24-;;/m0../s1. The Morgan fingerprint density at radius 2 is 1.60 bits per heavy atom. The van der Waals surface area contributed by atoms with Crippen LogP contribution in [-0.4, -0.2) is 58.9 Å². The minimum absolute atomic E-state index is 0.115. The van der Waals surface area contributed by atoms with E-state index in [2.05, 4.69) is 32.7 Å². The van der Waals surface area contributed by atoms with E-state index in [4.69, 9.17) is 19.2 Å². The maximum Gasteiger partial charge on any atom is 0.343 e. The summed E-state index contributed by atoms with van der Waals surface area (Å²) in [5, 5.41) is 12.0. The topological polar surface area (TPSA) is 103 Å². The second-order valence-electron chi connectivity index (χ2n) is 10.7. The van der Waals surface area contributed by atoms with E-state index in [-0.39, 0.29) is 18.6 Å². The number of esters is 1. The predicted molar refractivity (Wildman–Crippen MR) is 164 cm³/mol. The van der Waals surface area contributed by atoms with Gasteiger partial charge in [-0.15, -0.1) is 0 Å². The van der Waals surface area contributed by atoms with Crippen molar-refractivity contribution < 1.29 is 24.1 Å². The van der Waals surface area contributed by atoms with E-state index in [0.717, 1.165) is 28.5 Å². The summed E-state index contributed by atoms with van der Waals surface area (Å²) < 4.78 is 18.3. The Labute approximate surface area is 248 Å². The number of carbonyl (C=O) groups excluding carboxylic acids is 1. The minimum Gasteiger partial charge on any atom is -0.486 e. The van der Waals surface area contributed by atoms with Crippen molar-refractivity contribution in [2.24, 2.45) is 0 Å². The minimum atomic E-state index is -1.83. The summed E-state index contributed by atoms with van der Waals surface area (Å²) >= 11 is 0. The normalized spacial score (nSPS) is 17.8. The molecule has 1 aromatic carbocycles. The lowest BCUT2D eigenvalue weighted by atomic mass is 9.86. The number of nitrogens with zero attached hydrogens (tertiary/aromatic N) is 3. The van der Waals surface area contributed by atoms with E-state index < -0.39 is 11.6 Å². The Morgan fingerprint density at radius 3 is 2.19 bits per heavy atom. The van der Waals surface area contributed by atoms with Crippen molar-refractivity contribution in [2.75, 3.05) is 33.4 Å². The van der Waals surface area contributed by atoms with Gasteiger partial charge in [-0.2, -0.15) is 0 Å². The number of hydrogen-bond donors (Lipinski definition) is 1. The molecule has 5 heterocycles. The molecule has 0 unspecified atom stereocenters. The highest BCUT2D eigenvalue weighted by molar-refractivity contribution is 5.91. The summed E-state index contributed by atoms with van der Waals surface area (Å²) in [6.07, 6.45) is 3.42. The monoisotopic (exact) mass is 579 g/mol. The van der Waals surface area contributed by atoms with Gasteiger partial charge in [0.25, 0.3) is 5.56 Å². The van der Waals surface area contributed by atoms with Crippen molar-refractivity contribution in [2.45, 2.75) is 86.0 Å². The van der Waals surface area contributed by atoms with Crippen molar-refractivity contribution >= 4 is 16.9 Å². The molecule has 2 aromatic heterocycles. The number of cyclic esters (lactones) is 1. The molecule has 228 valence electrons. The lowest BCUT2D eigenvalue weighted by Crippen LogP contribution is -2.44. The summed E-state index contributed by atoms with van der Waals surface area (Å²) in [7, 11) is 2.17. The van der Waals surface area contributed by atoms with Crippen LogP contribution in [0.3, 0.4) is 0 Å². The molecule has 0 saturated carbocycles. The quantitative estimate of drug-likeness (QED) is 0.312. The summed E-state index contributed by atoms with van der Waals surface area (Å²) in [5.41, 5.74) is 2.69. The molecular formula is C33H45N3O6. The van der Waals surface area contributed by atoms with Gasteiger partial charge in [0.15, 0.2) is 17.1 Å². The molecule has 0 amide bonds. The van der Waals surface area contributed by atoms with Crippen LogP contribution in [0.1, 0.15) is 83.1 Å². The first-order valence-electron chi connectivity index (χ1n) is 15.4. The number of fused-ring (bicyclic) bond motifs is 6. The Kier molecular flexibility index (Phi) is 9.94. The van der Waals surface area contributed by atoms with E-state index in [9.17, 15) is 14.7 Å². The highest BCUT2D eigenvalue weighted by atomic mass is 16.6. The van der Waals surface area contributed by atoms with Crippen molar-refractivity contribution in [3.63, 3.8) is 0 Å². The number of ether oxygens (including phenoxy) is 3. The number of pyridine rings is 2. The number of rotatable bonds is 6. The maximum atomic E-state index is 13.4. The lowest BCUT2D eigenvalue weighted by molar-refractivity contribution is -0.172. The fourth-order valence-electron chi connectivity index (χ4n) is 5.98. The van der Waals surface area contributed by atoms with Crippen LogP contribution in [0.25, 0.3) is 22.3 Å². The molecule has 0 radical (unpaired) electrons. The molecule has 3 aromatic rings. The predicted octanol–water partition coefficient (Wildman–Crippen LogP) is 5.18. The zero-order chi connectivity index (χ0) is 30.6. The van der Waals surface area contributed by atoms with E-state index in [1.54, 1.807) is 17.6 Å². The van der Waals surface area contributed by atoms with Crippen molar-refractivity contribution in [1.82, 2.24) is 14.5 Å². The molecule has 0 spiro atoms. The molecule has 0 fully saturated rings. The molecule has 0 aliphatic carbocycles. The highest BCUT2D eigenvalue weighted by Crippen LogP contribution is 2.42. The Bertz CT molecular complexity index is 1510. The van der Waals surface area contributed by atoms with E-state index in [1.165, 1.54) is 25.9 Å². The summed E-state index contributed by atoms with van der Waals surface area (Å²) in [5.74, 6) is 0.633.